The molecule has 0 bridgehead atoms. The number of ether oxygens (including phenoxy) is 2. The van der Waals surface area contributed by atoms with Crippen molar-refractivity contribution in [1.82, 2.24) is 5.32 Å². The fourth-order valence-corrected chi connectivity index (χ4v) is 4.43. The molecule has 0 saturated carbocycles. The van der Waals surface area contributed by atoms with Gasteiger partial charge in [0.05, 0.1) is 25.2 Å². The van der Waals surface area contributed by atoms with Gasteiger partial charge in [0.25, 0.3) is 0 Å². The molecule has 0 aromatic heterocycles. The minimum Gasteiger partial charge on any atom is -0.457 e. The second-order valence-electron chi connectivity index (χ2n) is 7.47. The van der Waals surface area contributed by atoms with Gasteiger partial charge in [-0.25, -0.2) is 8.42 Å². The van der Waals surface area contributed by atoms with Crippen molar-refractivity contribution < 1.29 is 22.7 Å². The van der Waals surface area contributed by atoms with Crippen molar-refractivity contribution in [3.05, 3.63) is 90.5 Å². The van der Waals surface area contributed by atoms with Crippen molar-refractivity contribution >= 4 is 21.6 Å². The highest BCUT2D eigenvalue weighted by Gasteiger charge is 2.29. The van der Waals surface area contributed by atoms with E-state index in [1.54, 1.807) is 31.2 Å². The third kappa shape index (κ3) is 7.34. The van der Waals surface area contributed by atoms with Crippen LogP contribution in [0.25, 0.3) is 0 Å². The number of sulfonamides is 1. The lowest BCUT2D eigenvalue weighted by atomic mass is 10.2. The Morgan fingerprint density at radius 2 is 1.48 bits per heavy atom. The van der Waals surface area contributed by atoms with Gasteiger partial charge in [-0.2, -0.15) is 0 Å². The molecule has 3 aromatic carbocycles. The van der Waals surface area contributed by atoms with Gasteiger partial charge in [-0.15, -0.1) is 0 Å². The number of anilines is 1. The summed E-state index contributed by atoms with van der Waals surface area (Å²) in [5.41, 5.74) is 1.42. The molecular weight excluding hydrogens is 440 g/mol. The molecule has 3 rings (SSSR count). The molecule has 7 nitrogen and oxygen atoms in total. The van der Waals surface area contributed by atoms with Crippen LogP contribution in [0, 0.1) is 0 Å². The Morgan fingerprint density at radius 3 is 2.09 bits per heavy atom. The van der Waals surface area contributed by atoms with E-state index in [2.05, 4.69) is 5.32 Å². The maximum Gasteiger partial charge on any atom is 0.243 e. The average Bonchev–Trinajstić information content (AvgIpc) is 2.80. The van der Waals surface area contributed by atoms with E-state index in [1.807, 2.05) is 60.7 Å². The Morgan fingerprint density at radius 1 is 0.909 bits per heavy atom. The number of carbonyl (C=O) groups excluding carboxylic acids is 1. The van der Waals surface area contributed by atoms with Gasteiger partial charge in [0.2, 0.25) is 15.9 Å². The molecule has 0 unspecified atom stereocenters. The molecule has 1 amide bonds. The second kappa shape index (κ2) is 11.5. The van der Waals surface area contributed by atoms with Crippen LogP contribution >= 0.6 is 0 Å². The zero-order valence-corrected chi connectivity index (χ0v) is 19.5. The van der Waals surface area contributed by atoms with Crippen LogP contribution < -0.4 is 14.4 Å². The Bertz CT molecular complexity index is 1120. The summed E-state index contributed by atoms with van der Waals surface area (Å²) < 4.78 is 37.4. The lowest BCUT2D eigenvalue weighted by Gasteiger charge is -2.28. The van der Waals surface area contributed by atoms with Gasteiger partial charge in [-0.3, -0.25) is 9.10 Å². The fourth-order valence-electron chi connectivity index (χ4n) is 3.25. The van der Waals surface area contributed by atoms with Crippen molar-refractivity contribution in [2.45, 2.75) is 19.6 Å². The maximum absolute atomic E-state index is 12.6. The van der Waals surface area contributed by atoms with E-state index >= 15 is 0 Å². The number of rotatable bonds is 11. The number of nitrogens with one attached hydrogen (secondary N) is 1. The minimum atomic E-state index is -3.70. The average molecular weight is 469 g/mol. The molecule has 0 aliphatic heterocycles. The molecule has 0 aliphatic rings. The van der Waals surface area contributed by atoms with Crippen molar-refractivity contribution in [2.24, 2.45) is 0 Å². The van der Waals surface area contributed by atoms with Gasteiger partial charge in [0, 0.05) is 6.54 Å². The number of amides is 1. The molecule has 8 heteroatoms. The summed E-state index contributed by atoms with van der Waals surface area (Å²) in [4.78, 5) is 12.6. The minimum absolute atomic E-state index is 0.275. The molecule has 0 saturated heterocycles. The summed E-state index contributed by atoms with van der Waals surface area (Å²) in [6.45, 7) is 2.59. The summed E-state index contributed by atoms with van der Waals surface area (Å²) in [6.07, 6.45) is 1.08. The molecule has 0 spiro atoms. The summed E-state index contributed by atoms with van der Waals surface area (Å²) in [5.74, 6) is 0.826. The zero-order chi connectivity index (χ0) is 23.7. The molecule has 0 radical (unpaired) electrons. The van der Waals surface area contributed by atoms with Crippen molar-refractivity contribution in [2.75, 3.05) is 23.7 Å². The Hall–Kier alpha value is -3.36. The lowest BCUT2D eigenvalue weighted by Crippen LogP contribution is -2.48. The summed E-state index contributed by atoms with van der Waals surface area (Å²) in [5, 5.41) is 2.74. The van der Waals surface area contributed by atoms with Gasteiger partial charge in [0.15, 0.2) is 0 Å². The first-order valence-corrected chi connectivity index (χ1v) is 12.4. The number of nitrogens with zero attached hydrogens (tertiary/aromatic N) is 1. The van der Waals surface area contributed by atoms with Gasteiger partial charge < -0.3 is 14.8 Å². The standard InChI is InChI=1S/C25H28N2O5S/c1-20(25(28)26-17-18-31-19-21-9-5-3-6-10-21)27(33(2,29)30)22-13-15-24(16-14-22)32-23-11-7-4-8-12-23/h3-16,20H,17-19H2,1-2H3,(H,26,28)/t20-/m1/s1. The zero-order valence-electron chi connectivity index (χ0n) is 18.7. The van der Waals surface area contributed by atoms with E-state index < -0.39 is 22.0 Å². The van der Waals surface area contributed by atoms with E-state index in [4.69, 9.17) is 9.47 Å². The second-order valence-corrected chi connectivity index (χ2v) is 9.33. The van der Waals surface area contributed by atoms with Crippen LogP contribution in [-0.2, 0) is 26.2 Å². The monoisotopic (exact) mass is 468 g/mol. The van der Waals surface area contributed by atoms with Crippen LogP contribution in [0.4, 0.5) is 5.69 Å². The molecular formula is C25H28N2O5S. The molecule has 174 valence electrons. The van der Waals surface area contributed by atoms with E-state index in [0.717, 1.165) is 16.1 Å². The van der Waals surface area contributed by atoms with Crippen molar-refractivity contribution in [3.8, 4) is 11.5 Å². The van der Waals surface area contributed by atoms with E-state index in [9.17, 15) is 13.2 Å². The first-order chi connectivity index (χ1) is 15.8. The first-order valence-electron chi connectivity index (χ1n) is 10.6. The van der Waals surface area contributed by atoms with Gasteiger partial charge in [0.1, 0.15) is 17.5 Å². The van der Waals surface area contributed by atoms with Gasteiger partial charge in [-0.1, -0.05) is 48.5 Å². The van der Waals surface area contributed by atoms with E-state index in [1.165, 1.54) is 0 Å². The summed E-state index contributed by atoms with van der Waals surface area (Å²) in [6, 6.07) is 24.6. The number of hydrogen-bond donors (Lipinski definition) is 1. The lowest BCUT2D eigenvalue weighted by molar-refractivity contribution is -0.122. The predicted octanol–water partition coefficient (Wildman–Crippen LogP) is 3.97. The SMILES string of the molecule is C[C@H](C(=O)NCCOCc1ccccc1)N(c1ccc(Oc2ccccc2)cc1)S(C)(=O)=O. The maximum atomic E-state index is 12.6. The predicted molar refractivity (Wildman–Crippen MR) is 129 cm³/mol. The number of carbonyl (C=O) groups is 1. The van der Waals surface area contributed by atoms with Crippen LogP contribution in [-0.4, -0.2) is 39.8 Å². The van der Waals surface area contributed by atoms with E-state index in [-0.39, 0.29) is 6.54 Å². The summed E-state index contributed by atoms with van der Waals surface area (Å²) >= 11 is 0. The number of benzene rings is 3. The highest BCUT2D eigenvalue weighted by molar-refractivity contribution is 7.92. The molecule has 0 aliphatic carbocycles. The van der Waals surface area contributed by atoms with Crippen molar-refractivity contribution in [1.29, 1.82) is 0 Å². The highest BCUT2D eigenvalue weighted by Crippen LogP contribution is 2.26. The Labute approximate surface area is 195 Å². The largest absolute Gasteiger partial charge is 0.457 e. The first kappa shape index (κ1) is 24.3. The quantitative estimate of drug-likeness (QED) is 0.431. The fraction of sp³-hybridized carbons (Fsp3) is 0.240. The van der Waals surface area contributed by atoms with E-state index in [0.29, 0.717) is 30.4 Å². The molecule has 1 N–H and O–H groups in total. The van der Waals surface area contributed by atoms with Crippen LogP contribution in [0.2, 0.25) is 0 Å². The molecule has 1 atom stereocenters. The normalized spacial score (nSPS) is 12.1. The van der Waals surface area contributed by atoms with Crippen LogP contribution in [0.1, 0.15) is 12.5 Å². The van der Waals surface area contributed by atoms with Gasteiger partial charge in [-0.05, 0) is 48.9 Å². The van der Waals surface area contributed by atoms with Crippen LogP contribution in [0.15, 0.2) is 84.9 Å². The Kier molecular flexibility index (Phi) is 8.46. The smallest absolute Gasteiger partial charge is 0.243 e. The third-order valence-corrected chi connectivity index (χ3v) is 6.06. The van der Waals surface area contributed by atoms with Crippen LogP contribution in [0.3, 0.4) is 0 Å². The Balaban J connectivity index is 1.57. The highest BCUT2D eigenvalue weighted by atomic mass is 32.2. The third-order valence-electron chi connectivity index (χ3n) is 4.82. The van der Waals surface area contributed by atoms with Crippen molar-refractivity contribution in [3.63, 3.8) is 0 Å². The van der Waals surface area contributed by atoms with Crippen LogP contribution in [0.5, 0.6) is 11.5 Å². The van der Waals surface area contributed by atoms with Gasteiger partial charge >= 0.3 is 0 Å². The molecule has 0 heterocycles. The topological polar surface area (TPSA) is 84.9 Å². The number of para-hydroxylation sites is 1. The molecule has 0 fully saturated rings. The number of hydrogen-bond acceptors (Lipinski definition) is 5. The molecule has 33 heavy (non-hydrogen) atoms. The summed E-state index contributed by atoms with van der Waals surface area (Å²) in [7, 11) is -3.70. The molecule has 3 aromatic rings.